The van der Waals surface area contributed by atoms with E-state index in [1.54, 1.807) is 19.3 Å². The molecule has 1 N–H and O–H groups in total. The number of nitrogens with zero attached hydrogens (tertiary/aromatic N) is 2. The molecule has 2 aromatic heterocycles. The summed E-state index contributed by atoms with van der Waals surface area (Å²) in [5.74, 6) is 1.78. The predicted molar refractivity (Wildman–Crippen MR) is 64.9 cm³/mol. The third-order valence-corrected chi connectivity index (χ3v) is 2.31. The molecule has 96 valence electrons. The van der Waals surface area contributed by atoms with Crippen molar-refractivity contribution in [3.05, 3.63) is 36.0 Å². The standard InChI is InChI=1S/C12H15N3O3/c1-9-6-11(14-18-9)13-12(16)8-15(2)7-10-4-3-5-17-10/h3-6H,7-8H2,1-2H3,(H,13,14,16). The molecule has 2 heterocycles. The van der Waals surface area contributed by atoms with Gasteiger partial charge in [0.25, 0.3) is 0 Å². The first-order chi connectivity index (χ1) is 8.63. The minimum Gasteiger partial charge on any atom is -0.468 e. The Kier molecular flexibility index (Phi) is 3.78. The summed E-state index contributed by atoms with van der Waals surface area (Å²) < 4.78 is 10.1. The second kappa shape index (κ2) is 5.50. The number of furan rings is 1. The van der Waals surface area contributed by atoms with Gasteiger partial charge >= 0.3 is 0 Å². The van der Waals surface area contributed by atoms with E-state index in [1.807, 2.05) is 24.1 Å². The van der Waals surface area contributed by atoms with Crippen LogP contribution in [0, 0.1) is 6.92 Å². The average Bonchev–Trinajstić information content (AvgIpc) is 2.90. The van der Waals surface area contributed by atoms with Gasteiger partial charge in [-0.05, 0) is 26.1 Å². The Balaban J connectivity index is 1.80. The third-order valence-electron chi connectivity index (χ3n) is 2.31. The van der Waals surface area contributed by atoms with Crippen LogP contribution in [0.15, 0.2) is 33.4 Å². The number of likely N-dealkylation sites (N-methyl/N-ethyl adjacent to an activating group) is 1. The maximum absolute atomic E-state index is 11.7. The number of hydrogen-bond acceptors (Lipinski definition) is 5. The highest BCUT2D eigenvalue weighted by molar-refractivity contribution is 5.91. The number of carbonyl (C=O) groups excluding carboxylic acids is 1. The third kappa shape index (κ3) is 3.46. The minimum atomic E-state index is -0.141. The summed E-state index contributed by atoms with van der Waals surface area (Å²) in [6, 6.07) is 5.36. The van der Waals surface area contributed by atoms with Gasteiger partial charge in [-0.3, -0.25) is 9.69 Å². The summed E-state index contributed by atoms with van der Waals surface area (Å²) in [4.78, 5) is 13.5. The number of aryl methyl sites for hydroxylation is 1. The molecule has 0 atom stereocenters. The van der Waals surface area contributed by atoms with Crippen molar-refractivity contribution in [1.29, 1.82) is 0 Å². The van der Waals surface area contributed by atoms with Crippen LogP contribution in [0.3, 0.4) is 0 Å². The fourth-order valence-corrected chi connectivity index (χ4v) is 1.58. The van der Waals surface area contributed by atoms with Crippen LogP contribution in [0.25, 0.3) is 0 Å². The molecular formula is C12H15N3O3. The van der Waals surface area contributed by atoms with E-state index in [0.29, 0.717) is 18.1 Å². The van der Waals surface area contributed by atoms with Crippen molar-refractivity contribution in [3.8, 4) is 0 Å². The van der Waals surface area contributed by atoms with Gasteiger partial charge in [0, 0.05) is 6.07 Å². The Bertz CT molecular complexity index is 504. The zero-order chi connectivity index (χ0) is 13.0. The summed E-state index contributed by atoms with van der Waals surface area (Å²) in [7, 11) is 1.84. The molecule has 2 rings (SSSR count). The summed E-state index contributed by atoms with van der Waals surface area (Å²) in [6.45, 7) is 2.61. The fraction of sp³-hybridized carbons (Fsp3) is 0.333. The predicted octanol–water partition coefficient (Wildman–Crippen LogP) is 1.65. The van der Waals surface area contributed by atoms with Crippen LogP contribution < -0.4 is 5.32 Å². The van der Waals surface area contributed by atoms with Gasteiger partial charge in [-0.25, -0.2) is 0 Å². The van der Waals surface area contributed by atoms with Crippen LogP contribution in [0.2, 0.25) is 0 Å². The molecule has 0 radical (unpaired) electrons. The number of nitrogens with one attached hydrogen (secondary N) is 1. The molecule has 0 aliphatic carbocycles. The molecule has 6 nitrogen and oxygen atoms in total. The van der Waals surface area contributed by atoms with Gasteiger partial charge in [0.1, 0.15) is 11.5 Å². The molecule has 0 fully saturated rings. The van der Waals surface area contributed by atoms with Gasteiger partial charge in [-0.1, -0.05) is 5.16 Å². The number of aromatic nitrogens is 1. The molecule has 0 saturated heterocycles. The SMILES string of the molecule is Cc1cc(NC(=O)CN(C)Cc2ccco2)no1. The van der Waals surface area contributed by atoms with E-state index in [4.69, 9.17) is 8.94 Å². The normalized spacial score (nSPS) is 10.8. The van der Waals surface area contributed by atoms with Crippen LogP contribution in [-0.4, -0.2) is 29.6 Å². The van der Waals surface area contributed by atoms with Gasteiger partial charge in [-0.15, -0.1) is 0 Å². The molecule has 6 heteroatoms. The Morgan fingerprint density at radius 3 is 3.00 bits per heavy atom. The van der Waals surface area contributed by atoms with E-state index >= 15 is 0 Å². The van der Waals surface area contributed by atoms with E-state index in [1.165, 1.54) is 0 Å². The first-order valence-corrected chi connectivity index (χ1v) is 5.57. The van der Waals surface area contributed by atoms with Crippen molar-refractivity contribution in [1.82, 2.24) is 10.1 Å². The lowest BCUT2D eigenvalue weighted by Crippen LogP contribution is -2.29. The van der Waals surface area contributed by atoms with Crippen molar-refractivity contribution in [2.24, 2.45) is 0 Å². The molecule has 0 aromatic carbocycles. The number of rotatable bonds is 5. The highest BCUT2D eigenvalue weighted by Crippen LogP contribution is 2.07. The molecule has 2 aromatic rings. The summed E-state index contributed by atoms with van der Waals surface area (Å²) in [5, 5.41) is 6.35. The quantitative estimate of drug-likeness (QED) is 0.872. The smallest absolute Gasteiger partial charge is 0.239 e. The highest BCUT2D eigenvalue weighted by Gasteiger charge is 2.10. The highest BCUT2D eigenvalue weighted by atomic mass is 16.5. The van der Waals surface area contributed by atoms with Gasteiger partial charge in [0.2, 0.25) is 5.91 Å². The van der Waals surface area contributed by atoms with Crippen LogP contribution in [0.4, 0.5) is 5.82 Å². The Labute approximate surface area is 105 Å². The first-order valence-electron chi connectivity index (χ1n) is 5.57. The van der Waals surface area contributed by atoms with Crippen LogP contribution >= 0.6 is 0 Å². The molecule has 18 heavy (non-hydrogen) atoms. The molecular weight excluding hydrogens is 234 g/mol. The molecule has 1 amide bonds. The Hall–Kier alpha value is -2.08. The largest absolute Gasteiger partial charge is 0.468 e. The Morgan fingerprint density at radius 1 is 1.56 bits per heavy atom. The molecule has 0 spiro atoms. The Morgan fingerprint density at radius 2 is 2.39 bits per heavy atom. The van der Waals surface area contributed by atoms with Gasteiger partial charge in [0.15, 0.2) is 5.82 Å². The molecule has 0 saturated carbocycles. The van der Waals surface area contributed by atoms with Crippen molar-refractivity contribution >= 4 is 11.7 Å². The lowest BCUT2D eigenvalue weighted by atomic mass is 10.4. The first kappa shape index (κ1) is 12.4. The van der Waals surface area contributed by atoms with Gasteiger partial charge in [-0.2, -0.15) is 0 Å². The van der Waals surface area contributed by atoms with E-state index in [9.17, 15) is 4.79 Å². The number of hydrogen-bond donors (Lipinski definition) is 1. The maximum Gasteiger partial charge on any atom is 0.239 e. The molecule has 0 bridgehead atoms. The maximum atomic E-state index is 11.7. The number of amides is 1. The van der Waals surface area contributed by atoms with Gasteiger partial charge < -0.3 is 14.3 Å². The average molecular weight is 249 g/mol. The fourth-order valence-electron chi connectivity index (χ4n) is 1.58. The van der Waals surface area contributed by atoms with Crippen molar-refractivity contribution in [2.45, 2.75) is 13.5 Å². The van der Waals surface area contributed by atoms with Crippen molar-refractivity contribution in [3.63, 3.8) is 0 Å². The van der Waals surface area contributed by atoms with E-state index in [-0.39, 0.29) is 12.5 Å². The second-order valence-electron chi connectivity index (χ2n) is 4.12. The summed E-state index contributed by atoms with van der Waals surface area (Å²) in [5.41, 5.74) is 0. The van der Waals surface area contributed by atoms with Crippen LogP contribution in [0.5, 0.6) is 0 Å². The molecule has 0 aliphatic heterocycles. The van der Waals surface area contributed by atoms with E-state index in [0.717, 1.165) is 5.76 Å². The minimum absolute atomic E-state index is 0.141. The van der Waals surface area contributed by atoms with Crippen LogP contribution in [-0.2, 0) is 11.3 Å². The lowest BCUT2D eigenvalue weighted by molar-refractivity contribution is -0.117. The second-order valence-corrected chi connectivity index (χ2v) is 4.12. The lowest BCUT2D eigenvalue weighted by Gasteiger charge is -2.13. The number of anilines is 1. The van der Waals surface area contributed by atoms with Crippen molar-refractivity contribution in [2.75, 3.05) is 18.9 Å². The van der Waals surface area contributed by atoms with E-state index in [2.05, 4.69) is 10.5 Å². The zero-order valence-electron chi connectivity index (χ0n) is 10.3. The zero-order valence-corrected chi connectivity index (χ0v) is 10.3. The molecule has 0 aliphatic rings. The van der Waals surface area contributed by atoms with Crippen molar-refractivity contribution < 1.29 is 13.7 Å². The van der Waals surface area contributed by atoms with Gasteiger partial charge in [0.05, 0.1) is 19.4 Å². The summed E-state index contributed by atoms with van der Waals surface area (Å²) in [6.07, 6.45) is 1.61. The van der Waals surface area contributed by atoms with E-state index < -0.39 is 0 Å². The van der Waals surface area contributed by atoms with Crippen LogP contribution in [0.1, 0.15) is 11.5 Å². The molecule has 0 unspecified atom stereocenters. The topological polar surface area (TPSA) is 71.5 Å². The summed E-state index contributed by atoms with van der Waals surface area (Å²) >= 11 is 0. The monoisotopic (exact) mass is 249 g/mol. The number of carbonyl (C=O) groups is 1.